The van der Waals surface area contributed by atoms with Gasteiger partial charge >= 0.3 is 6.03 Å². The summed E-state index contributed by atoms with van der Waals surface area (Å²) in [5.41, 5.74) is 6.22. The Bertz CT molecular complexity index is 628. The molecule has 2 aromatic rings. The quantitative estimate of drug-likeness (QED) is 0.713. The second-order valence-corrected chi connectivity index (χ2v) is 4.94. The zero-order chi connectivity index (χ0) is 15.2. The van der Waals surface area contributed by atoms with Crippen molar-refractivity contribution in [3.8, 4) is 5.75 Å². The van der Waals surface area contributed by atoms with Crippen molar-refractivity contribution >= 4 is 16.8 Å². The first-order valence-corrected chi connectivity index (χ1v) is 6.94. The second kappa shape index (κ2) is 6.95. The van der Waals surface area contributed by atoms with Gasteiger partial charge in [0.05, 0.1) is 7.11 Å². The molecule has 0 radical (unpaired) electrons. The first-order valence-electron chi connectivity index (χ1n) is 6.94. The maximum absolute atomic E-state index is 10.6. The minimum absolute atomic E-state index is 0.200. The molecule has 0 aliphatic carbocycles. The van der Waals surface area contributed by atoms with Gasteiger partial charge in [-0.15, -0.1) is 0 Å². The highest BCUT2D eigenvalue weighted by Crippen LogP contribution is 2.24. The highest BCUT2D eigenvalue weighted by molar-refractivity contribution is 5.84. The summed E-state index contributed by atoms with van der Waals surface area (Å²) in [5, 5.41) is 8.24. The Morgan fingerprint density at radius 2 is 1.90 bits per heavy atom. The van der Waals surface area contributed by atoms with E-state index in [1.165, 1.54) is 10.9 Å². The van der Waals surface area contributed by atoms with Crippen LogP contribution in [0.4, 0.5) is 4.79 Å². The summed E-state index contributed by atoms with van der Waals surface area (Å²) in [7, 11) is 1.67. The second-order valence-electron chi connectivity index (χ2n) is 4.94. The van der Waals surface area contributed by atoms with Gasteiger partial charge in [-0.2, -0.15) is 0 Å². The summed E-state index contributed by atoms with van der Waals surface area (Å²) in [6, 6.07) is 12.1. The molecule has 0 bridgehead atoms. The number of hydrogen-bond donors (Lipinski definition) is 3. The number of amides is 2. The van der Waals surface area contributed by atoms with E-state index in [9.17, 15) is 4.79 Å². The average Bonchev–Trinajstić information content (AvgIpc) is 2.50. The molecule has 4 N–H and O–H groups in total. The summed E-state index contributed by atoms with van der Waals surface area (Å²) < 4.78 is 5.23. The number of carbonyl (C=O) groups is 1. The third-order valence-corrected chi connectivity index (χ3v) is 3.45. The van der Waals surface area contributed by atoms with Crippen molar-refractivity contribution in [2.75, 3.05) is 20.2 Å². The topological polar surface area (TPSA) is 76.4 Å². The van der Waals surface area contributed by atoms with Crippen LogP contribution in [0.1, 0.15) is 18.5 Å². The molecule has 0 aromatic heterocycles. The number of nitrogens with one attached hydrogen (secondary N) is 2. The Kier molecular flexibility index (Phi) is 5.00. The summed E-state index contributed by atoms with van der Waals surface area (Å²) in [5.74, 6) is 0.860. The van der Waals surface area contributed by atoms with Gasteiger partial charge < -0.3 is 21.1 Å². The molecule has 112 valence electrons. The Balaban J connectivity index is 2.02. The van der Waals surface area contributed by atoms with E-state index < -0.39 is 6.03 Å². The smallest absolute Gasteiger partial charge is 0.312 e. The number of ether oxygens (including phenoxy) is 1. The van der Waals surface area contributed by atoms with Crippen molar-refractivity contribution in [3.05, 3.63) is 42.0 Å². The van der Waals surface area contributed by atoms with Gasteiger partial charge in [0.15, 0.2) is 0 Å². The molecule has 2 aromatic carbocycles. The van der Waals surface area contributed by atoms with Gasteiger partial charge in [0.1, 0.15) is 5.75 Å². The lowest BCUT2D eigenvalue weighted by Crippen LogP contribution is -2.35. The number of methoxy groups -OCH3 is 1. The molecular formula is C16H21N3O2. The van der Waals surface area contributed by atoms with E-state index in [1.54, 1.807) is 7.11 Å². The lowest BCUT2D eigenvalue weighted by molar-refractivity contribution is 0.249. The SMILES string of the molecule is COc1ccc2cc(C(C)NCCNC(N)=O)ccc2c1. The van der Waals surface area contributed by atoms with Gasteiger partial charge in [-0.3, -0.25) is 0 Å². The number of benzene rings is 2. The van der Waals surface area contributed by atoms with Crippen LogP contribution in [0, 0.1) is 0 Å². The third kappa shape index (κ3) is 4.10. The predicted octanol–water partition coefficient (Wildman–Crippen LogP) is 2.17. The summed E-state index contributed by atoms with van der Waals surface area (Å²) in [4.78, 5) is 10.6. The van der Waals surface area contributed by atoms with Crippen LogP contribution in [0.5, 0.6) is 5.75 Å². The van der Waals surface area contributed by atoms with Crippen LogP contribution in [-0.2, 0) is 0 Å². The number of fused-ring (bicyclic) bond motifs is 1. The van der Waals surface area contributed by atoms with E-state index in [1.807, 2.05) is 12.1 Å². The van der Waals surface area contributed by atoms with Gasteiger partial charge in [0.2, 0.25) is 0 Å². The zero-order valence-corrected chi connectivity index (χ0v) is 12.3. The minimum atomic E-state index is -0.496. The van der Waals surface area contributed by atoms with Crippen LogP contribution in [0.25, 0.3) is 10.8 Å². The van der Waals surface area contributed by atoms with E-state index in [-0.39, 0.29) is 6.04 Å². The molecule has 0 aliphatic rings. The van der Waals surface area contributed by atoms with Crippen LogP contribution in [-0.4, -0.2) is 26.2 Å². The van der Waals surface area contributed by atoms with Gasteiger partial charge in [-0.25, -0.2) is 4.79 Å². The largest absolute Gasteiger partial charge is 0.497 e. The predicted molar refractivity (Wildman–Crippen MR) is 84.5 cm³/mol. The molecule has 1 atom stereocenters. The molecule has 5 nitrogen and oxygen atoms in total. The van der Waals surface area contributed by atoms with E-state index in [0.717, 1.165) is 11.1 Å². The van der Waals surface area contributed by atoms with Gasteiger partial charge in [-0.05, 0) is 41.5 Å². The molecule has 2 rings (SSSR count). The Morgan fingerprint density at radius 3 is 2.62 bits per heavy atom. The molecule has 0 spiro atoms. The Hall–Kier alpha value is -2.27. The number of urea groups is 1. The van der Waals surface area contributed by atoms with Crippen molar-refractivity contribution < 1.29 is 9.53 Å². The fourth-order valence-electron chi connectivity index (χ4n) is 2.23. The molecule has 0 saturated carbocycles. The van der Waals surface area contributed by atoms with Crippen LogP contribution < -0.4 is 21.1 Å². The standard InChI is InChI=1S/C16H21N3O2/c1-11(18-7-8-19-16(17)20)12-3-4-14-10-15(21-2)6-5-13(14)9-12/h3-6,9-11,18H,7-8H2,1-2H3,(H3,17,19,20). The fourth-order valence-corrected chi connectivity index (χ4v) is 2.23. The van der Waals surface area contributed by atoms with E-state index in [4.69, 9.17) is 10.5 Å². The molecule has 2 amide bonds. The van der Waals surface area contributed by atoms with E-state index in [2.05, 4.69) is 41.8 Å². The molecule has 0 heterocycles. The van der Waals surface area contributed by atoms with E-state index >= 15 is 0 Å². The minimum Gasteiger partial charge on any atom is -0.497 e. The Labute approximate surface area is 124 Å². The van der Waals surface area contributed by atoms with Crippen molar-refractivity contribution in [1.29, 1.82) is 0 Å². The van der Waals surface area contributed by atoms with Gasteiger partial charge in [0, 0.05) is 19.1 Å². The Morgan fingerprint density at radius 1 is 1.19 bits per heavy atom. The molecule has 0 aliphatic heterocycles. The summed E-state index contributed by atoms with van der Waals surface area (Å²) >= 11 is 0. The first-order chi connectivity index (χ1) is 10.1. The molecule has 0 fully saturated rings. The fraction of sp³-hybridized carbons (Fsp3) is 0.312. The van der Waals surface area contributed by atoms with Gasteiger partial charge in [-0.1, -0.05) is 18.2 Å². The lowest BCUT2D eigenvalue weighted by atomic mass is 10.0. The van der Waals surface area contributed by atoms with Crippen molar-refractivity contribution in [1.82, 2.24) is 10.6 Å². The summed E-state index contributed by atoms with van der Waals surface area (Å²) in [6.45, 7) is 3.28. The van der Waals surface area contributed by atoms with E-state index in [0.29, 0.717) is 13.1 Å². The number of primary amides is 1. The van der Waals surface area contributed by atoms with Crippen molar-refractivity contribution in [2.24, 2.45) is 5.73 Å². The zero-order valence-electron chi connectivity index (χ0n) is 12.3. The average molecular weight is 287 g/mol. The maximum atomic E-state index is 10.6. The number of rotatable bonds is 6. The number of hydrogen-bond acceptors (Lipinski definition) is 3. The van der Waals surface area contributed by atoms with Crippen molar-refractivity contribution in [3.63, 3.8) is 0 Å². The van der Waals surface area contributed by atoms with Gasteiger partial charge in [0.25, 0.3) is 0 Å². The van der Waals surface area contributed by atoms with Crippen LogP contribution in [0.3, 0.4) is 0 Å². The van der Waals surface area contributed by atoms with Crippen molar-refractivity contribution in [2.45, 2.75) is 13.0 Å². The monoisotopic (exact) mass is 287 g/mol. The molecule has 5 heteroatoms. The molecule has 21 heavy (non-hydrogen) atoms. The molecule has 0 saturated heterocycles. The maximum Gasteiger partial charge on any atom is 0.312 e. The normalized spacial score (nSPS) is 12.1. The first kappa shape index (κ1) is 15.1. The number of carbonyl (C=O) groups excluding carboxylic acids is 1. The number of nitrogens with two attached hydrogens (primary N) is 1. The molecular weight excluding hydrogens is 266 g/mol. The molecule has 1 unspecified atom stereocenters. The van der Waals surface area contributed by atoms with Crippen LogP contribution in [0.2, 0.25) is 0 Å². The highest BCUT2D eigenvalue weighted by atomic mass is 16.5. The highest BCUT2D eigenvalue weighted by Gasteiger charge is 2.06. The third-order valence-electron chi connectivity index (χ3n) is 3.45. The lowest BCUT2D eigenvalue weighted by Gasteiger charge is -2.15. The van der Waals surface area contributed by atoms with Crippen LogP contribution >= 0.6 is 0 Å². The summed E-state index contributed by atoms with van der Waals surface area (Å²) in [6.07, 6.45) is 0. The van der Waals surface area contributed by atoms with Crippen LogP contribution in [0.15, 0.2) is 36.4 Å².